The van der Waals surface area contributed by atoms with E-state index in [0.717, 1.165) is 0 Å². The summed E-state index contributed by atoms with van der Waals surface area (Å²) in [4.78, 5) is 0. The van der Waals surface area contributed by atoms with E-state index in [1.54, 1.807) is 6.92 Å². The summed E-state index contributed by atoms with van der Waals surface area (Å²) in [5.41, 5.74) is 0. The van der Waals surface area contributed by atoms with Gasteiger partial charge in [-0.3, -0.25) is 0 Å². The molecule has 0 rings (SSSR count). The van der Waals surface area contributed by atoms with Crippen LogP contribution < -0.4 is 0 Å². The fourth-order valence-electron chi connectivity index (χ4n) is 0.690. The Kier molecular flexibility index (Phi) is 3.70. The van der Waals surface area contributed by atoms with Gasteiger partial charge < -0.3 is 0 Å². The third kappa shape index (κ3) is 6.50. The van der Waals surface area contributed by atoms with Crippen LogP contribution in [0, 0.1) is 0 Å². The average Bonchev–Trinajstić information content (AvgIpc) is 1.55. The highest BCUT2D eigenvalue weighted by atomic mass is 35.7. The van der Waals surface area contributed by atoms with Crippen molar-refractivity contribution in [3.8, 4) is 0 Å². The van der Waals surface area contributed by atoms with E-state index in [-0.39, 0.29) is 6.42 Å². The second kappa shape index (κ2) is 3.67. The molecule has 0 aliphatic rings. The van der Waals surface area contributed by atoms with Crippen LogP contribution in [0.15, 0.2) is 0 Å². The van der Waals surface area contributed by atoms with Crippen LogP contribution in [0.2, 0.25) is 0 Å². The van der Waals surface area contributed by atoms with Crippen molar-refractivity contribution in [2.75, 3.05) is 5.75 Å². The Bertz CT molecular complexity index is 213. The molecule has 0 aliphatic heterocycles. The maximum absolute atomic E-state index is 12.5. The molecule has 0 amide bonds. The molecule has 0 radical (unpaired) electrons. The Morgan fingerprint density at radius 2 is 1.91 bits per heavy atom. The second-order valence-corrected chi connectivity index (χ2v) is 5.07. The third-order valence-electron chi connectivity index (χ3n) is 0.999. The van der Waals surface area contributed by atoms with Gasteiger partial charge in [-0.1, -0.05) is 13.3 Å². The van der Waals surface area contributed by atoms with Crippen LogP contribution in [0.4, 0.5) is 8.78 Å². The molecule has 0 heterocycles. The van der Waals surface area contributed by atoms with Crippen LogP contribution >= 0.6 is 10.7 Å². The monoisotopic (exact) mass is 206 g/mol. The van der Waals surface area contributed by atoms with Gasteiger partial charge in [0.1, 0.15) is 5.75 Å². The Balaban J connectivity index is 4.13. The molecule has 0 unspecified atom stereocenters. The largest absolute Gasteiger partial charge is 0.263 e. The van der Waals surface area contributed by atoms with Crippen molar-refractivity contribution in [2.45, 2.75) is 25.7 Å². The zero-order valence-electron chi connectivity index (χ0n) is 5.98. The first-order chi connectivity index (χ1) is 4.77. The zero-order chi connectivity index (χ0) is 9.12. The Morgan fingerprint density at radius 1 is 1.45 bits per heavy atom. The van der Waals surface area contributed by atoms with Gasteiger partial charge in [-0.15, -0.1) is 0 Å². The van der Waals surface area contributed by atoms with Crippen LogP contribution in [0.25, 0.3) is 0 Å². The van der Waals surface area contributed by atoms with Crippen LogP contribution in [-0.2, 0) is 9.05 Å². The lowest BCUT2D eigenvalue weighted by Crippen LogP contribution is -2.24. The van der Waals surface area contributed by atoms with Crippen molar-refractivity contribution in [1.82, 2.24) is 0 Å². The zero-order valence-corrected chi connectivity index (χ0v) is 7.55. The fourth-order valence-corrected chi connectivity index (χ4v) is 1.82. The lowest BCUT2D eigenvalue weighted by molar-refractivity contribution is 0.0163. The second-order valence-electron chi connectivity index (χ2n) is 2.29. The van der Waals surface area contributed by atoms with Crippen molar-refractivity contribution in [3.05, 3.63) is 0 Å². The van der Waals surface area contributed by atoms with Crippen LogP contribution in [-0.4, -0.2) is 20.1 Å². The Labute approximate surface area is 69.0 Å². The van der Waals surface area contributed by atoms with E-state index in [2.05, 4.69) is 10.7 Å². The molecule has 0 aromatic rings. The average molecular weight is 207 g/mol. The van der Waals surface area contributed by atoms with Crippen LogP contribution in [0.3, 0.4) is 0 Å². The standard InChI is InChI=1S/C5H9ClF2O2S/c1-2-3-5(7,8)4-11(6,9)10/h2-4H2,1H3. The van der Waals surface area contributed by atoms with Crippen molar-refractivity contribution >= 4 is 19.7 Å². The molecule has 0 saturated heterocycles. The van der Waals surface area contributed by atoms with Crippen LogP contribution in [0.1, 0.15) is 19.8 Å². The smallest absolute Gasteiger partial charge is 0.212 e. The molecule has 0 atom stereocenters. The third-order valence-corrected chi connectivity index (χ3v) is 2.09. The summed E-state index contributed by atoms with van der Waals surface area (Å²) in [6.45, 7) is 1.55. The van der Waals surface area contributed by atoms with Gasteiger partial charge in [-0.2, -0.15) is 0 Å². The first-order valence-corrected chi connectivity index (χ1v) is 5.55. The van der Waals surface area contributed by atoms with E-state index in [1.807, 2.05) is 0 Å². The normalized spacial score (nSPS) is 13.5. The van der Waals surface area contributed by atoms with Crippen molar-refractivity contribution in [2.24, 2.45) is 0 Å². The van der Waals surface area contributed by atoms with Gasteiger partial charge in [0.2, 0.25) is 9.05 Å². The number of hydrogen-bond donors (Lipinski definition) is 0. The van der Waals surface area contributed by atoms with Gasteiger partial charge in [0.15, 0.2) is 0 Å². The molecule has 0 spiro atoms. The van der Waals surface area contributed by atoms with Gasteiger partial charge in [0.05, 0.1) is 0 Å². The summed E-state index contributed by atoms with van der Waals surface area (Å²) >= 11 is 0. The highest BCUT2D eigenvalue weighted by Gasteiger charge is 2.33. The lowest BCUT2D eigenvalue weighted by Gasteiger charge is -2.11. The molecule has 0 aromatic heterocycles. The van der Waals surface area contributed by atoms with Gasteiger partial charge >= 0.3 is 0 Å². The molecule has 68 valence electrons. The van der Waals surface area contributed by atoms with Gasteiger partial charge in [-0.05, 0) is 0 Å². The number of rotatable bonds is 4. The van der Waals surface area contributed by atoms with Gasteiger partial charge in [0, 0.05) is 17.1 Å². The fraction of sp³-hybridized carbons (Fsp3) is 1.00. The summed E-state index contributed by atoms with van der Waals surface area (Å²) < 4.78 is 45.3. The molecule has 2 nitrogen and oxygen atoms in total. The first kappa shape index (κ1) is 11.1. The minimum atomic E-state index is -4.08. The van der Waals surface area contributed by atoms with E-state index in [4.69, 9.17) is 0 Å². The van der Waals surface area contributed by atoms with Crippen molar-refractivity contribution in [3.63, 3.8) is 0 Å². The molecular weight excluding hydrogens is 198 g/mol. The van der Waals surface area contributed by atoms with Gasteiger partial charge in [0.25, 0.3) is 5.92 Å². The molecule has 0 N–H and O–H groups in total. The molecule has 0 bridgehead atoms. The van der Waals surface area contributed by atoms with Gasteiger partial charge in [-0.25, -0.2) is 17.2 Å². The minimum Gasteiger partial charge on any atom is -0.212 e. The number of hydrogen-bond acceptors (Lipinski definition) is 2. The minimum absolute atomic E-state index is 0.236. The molecule has 0 saturated carbocycles. The molecule has 0 aliphatic carbocycles. The lowest BCUT2D eigenvalue weighted by atomic mass is 10.2. The molecule has 11 heavy (non-hydrogen) atoms. The Hall–Kier alpha value is 0.1000. The number of halogens is 3. The highest BCUT2D eigenvalue weighted by Crippen LogP contribution is 2.23. The summed E-state index contributed by atoms with van der Waals surface area (Å²) in [6.07, 6.45) is -0.210. The van der Waals surface area contributed by atoms with Crippen molar-refractivity contribution < 1.29 is 17.2 Å². The molecule has 6 heteroatoms. The first-order valence-electron chi connectivity index (χ1n) is 3.07. The maximum Gasteiger partial charge on any atom is 0.263 e. The SMILES string of the molecule is CCCC(F)(F)CS(=O)(=O)Cl. The highest BCUT2D eigenvalue weighted by molar-refractivity contribution is 8.13. The van der Waals surface area contributed by atoms with E-state index in [9.17, 15) is 17.2 Å². The molecule has 0 fully saturated rings. The predicted octanol–water partition coefficient (Wildman–Crippen LogP) is 1.99. The number of alkyl halides is 2. The molecule has 0 aromatic carbocycles. The summed E-state index contributed by atoms with van der Waals surface area (Å²) in [6, 6.07) is 0. The van der Waals surface area contributed by atoms with Crippen LogP contribution in [0.5, 0.6) is 0 Å². The maximum atomic E-state index is 12.5. The summed E-state index contributed by atoms with van der Waals surface area (Å²) in [7, 11) is 0.564. The van der Waals surface area contributed by atoms with Crippen molar-refractivity contribution in [1.29, 1.82) is 0 Å². The summed E-state index contributed by atoms with van der Waals surface area (Å²) in [5, 5.41) is 0. The predicted molar refractivity (Wildman–Crippen MR) is 39.5 cm³/mol. The Morgan fingerprint density at radius 3 is 2.18 bits per heavy atom. The quantitative estimate of drug-likeness (QED) is 0.660. The topological polar surface area (TPSA) is 34.1 Å². The summed E-state index contributed by atoms with van der Waals surface area (Å²) in [5.74, 6) is -4.45. The molecular formula is C5H9ClF2O2S. The van der Waals surface area contributed by atoms with E-state index >= 15 is 0 Å². The van der Waals surface area contributed by atoms with E-state index in [0.29, 0.717) is 0 Å². The van der Waals surface area contributed by atoms with E-state index in [1.165, 1.54) is 0 Å². The van der Waals surface area contributed by atoms with E-state index < -0.39 is 27.1 Å².